The summed E-state index contributed by atoms with van der Waals surface area (Å²) in [5.74, 6) is -1.61. The summed E-state index contributed by atoms with van der Waals surface area (Å²) in [5.41, 5.74) is 0.0586. The molecule has 0 saturated heterocycles. The Hall–Kier alpha value is -1.37. The zero-order valence-corrected chi connectivity index (χ0v) is 7.94. The highest BCUT2D eigenvalue weighted by Gasteiger charge is 2.28. The van der Waals surface area contributed by atoms with Gasteiger partial charge >= 0.3 is 6.36 Å². The molecule has 0 spiro atoms. The Balaban J connectivity index is 2.37. The molecule has 7 heteroatoms. The standard InChI is InChI=1S/C9H8F5NO/c10-6-3-7(11)5-8(4-6)15-1-2-16-9(12,13)14/h3-5,15H,1-2H2. The molecule has 16 heavy (non-hydrogen) atoms. The van der Waals surface area contributed by atoms with E-state index in [1.54, 1.807) is 0 Å². The van der Waals surface area contributed by atoms with Crippen LogP contribution in [0.15, 0.2) is 18.2 Å². The normalized spacial score (nSPS) is 11.6. The van der Waals surface area contributed by atoms with Gasteiger partial charge in [-0.3, -0.25) is 4.74 Å². The van der Waals surface area contributed by atoms with Gasteiger partial charge < -0.3 is 5.32 Å². The molecule has 0 aliphatic carbocycles. The second-order valence-corrected chi connectivity index (χ2v) is 2.88. The van der Waals surface area contributed by atoms with Crippen LogP contribution in [-0.2, 0) is 4.74 Å². The van der Waals surface area contributed by atoms with Crippen LogP contribution in [-0.4, -0.2) is 19.5 Å². The quantitative estimate of drug-likeness (QED) is 0.646. The van der Waals surface area contributed by atoms with Crippen LogP contribution >= 0.6 is 0 Å². The maximum Gasteiger partial charge on any atom is 0.522 e. The Morgan fingerprint density at radius 1 is 1.06 bits per heavy atom. The van der Waals surface area contributed by atoms with Gasteiger partial charge in [-0.1, -0.05) is 0 Å². The minimum atomic E-state index is -4.70. The lowest BCUT2D eigenvalue weighted by molar-refractivity contribution is -0.322. The van der Waals surface area contributed by atoms with E-state index >= 15 is 0 Å². The van der Waals surface area contributed by atoms with Crippen molar-refractivity contribution in [3.05, 3.63) is 29.8 Å². The van der Waals surface area contributed by atoms with Crippen molar-refractivity contribution in [2.24, 2.45) is 0 Å². The van der Waals surface area contributed by atoms with Gasteiger partial charge in [-0.05, 0) is 12.1 Å². The molecule has 90 valence electrons. The smallest absolute Gasteiger partial charge is 0.383 e. The minimum Gasteiger partial charge on any atom is -0.383 e. The fourth-order valence-corrected chi connectivity index (χ4v) is 1.02. The van der Waals surface area contributed by atoms with E-state index in [9.17, 15) is 22.0 Å². The fraction of sp³-hybridized carbons (Fsp3) is 0.333. The number of benzene rings is 1. The molecule has 0 atom stereocenters. The zero-order chi connectivity index (χ0) is 12.2. The van der Waals surface area contributed by atoms with Gasteiger partial charge in [0, 0.05) is 18.3 Å². The number of hydrogen-bond donors (Lipinski definition) is 1. The van der Waals surface area contributed by atoms with E-state index < -0.39 is 24.6 Å². The molecule has 0 fully saturated rings. The number of ether oxygens (including phenoxy) is 1. The summed E-state index contributed by atoms with van der Waals surface area (Å²) < 4.78 is 63.4. The molecule has 1 N–H and O–H groups in total. The van der Waals surface area contributed by atoms with Gasteiger partial charge in [0.1, 0.15) is 11.6 Å². The van der Waals surface area contributed by atoms with Crippen molar-refractivity contribution in [2.75, 3.05) is 18.5 Å². The molecule has 0 radical (unpaired) electrons. The Labute approximate surface area is 88.0 Å². The van der Waals surface area contributed by atoms with Crippen molar-refractivity contribution in [3.63, 3.8) is 0 Å². The van der Waals surface area contributed by atoms with Crippen LogP contribution < -0.4 is 5.32 Å². The highest BCUT2D eigenvalue weighted by atomic mass is 19.4. The molecule has 0 unspecified atom stereocenters. The Kier molecular flexibility index (Phi) is 4.05. The molecule has 0 bridgehead atoms. The molecule has 0 aromatic heterocycles. The highest BCUT2D eigenvalue weighted by molar-refractivity contribution is 5.43. The topological polar surface area (TPSA) is 21.3 Å². The van der Waals surface area contributed by atoms with E-state index in [1.165, 1.54) is 0 Å². The maximum atomic E-state index is 12.6. The maximum absolute atomic E-state index is 12.6. The molecule has 1 rings (SSSR count). The van der Waals surface area contributed by atoms with Crippen LogP contribution in [0, 0.1) is 11.6 Å². The molecular weight excluding hydrogens is 233 g/mol. The lowest BCUT2D eigenvalue weighted by atomic mass is 10.3. The van der Waals surface area contributed by atoms with E-state index in [0.717, 1.165) is 12.1 Å². The first-order chi connectivity index (χ1) is 7.37. The average molecular weight is 241 g/mol. The summed E-state index contributed by atoms with van der Waals surface area (Å²) in [4.78, 5) is 0. The lowest BCUT2D eigenvalue weighted by Gasteiger charge is -2.09. The molecule has 0 aliphatic rings. The number of alkyl halides is 3. The van der Waals surface area contributed by atoms with Crippen molar-refractivity contribution in [3.8, 4) is 0 Å². The zero-order valence-electron chi connectivity index (χ0n) is 7.94. The van der Waals surface area contributed by atoms with E-state index in [2.05, 4.69) is 10.1 Å². The highest BCUT2D eigenvalue weighted by Crippen LogP contribution is 2.16. The Bertz CT molecular complexity index is 332. The van der Waals surface area contributed by atoms with Crippen LogP contribution in [0.2, 0.25) is 0 Å². The van der Waals surface area contributed by atoms with Gasteiger partial charge in [0.05, 0.1) is 6.61 Å². The van der Waals surface area contributed by atoms with Crippen LogP contribution in [0.3, 0.4) is 0 Å². The van der Waals surface area contributed by atoms with Crippen molar-refractivity contribution < 1.29 is 26.7 Å². The summed E-state index contributed by atoms with van der Waals surface area (Å²) in [6.45, 7) is -0.843. The van der Waals surface area contributed by atoms with Gasteiger partial charge in [-0.2, -0.15) is 0 Å². The number of halogens is 5. The number of rotatable bonds is 4. The molecule has 0 saturated carbocycles. The van der Waals surface area contributed by atoms with Crippen LogP contribution in [0.4, 0.5) is 27.6 Å². The minimum absolute atomic E-state index is 0.0586. The van der Waals surface area contributed by atoms with Gasteiger partial charge in [-0.25, -0.2) is 8.78 Å². The van der Waals surface area contributed by atoms with Crippen LogP contribution in [0.25, 0.3) is 0 Å². The Morgan fingerprint density at radius 3 is 2.12 bits per heavy atom. The lowest BCUT2D eigenvalue weighted by Crippen LogP contribution is -2.19. The van der Waals surface area contributed by atoms with Gasteiger partial charge in [0.2, 0.25) is 0 Å². The predicted molar refractivity (Wildman–Crippen MR) is 46.9 cm³/mol. The third kappa shape index (κ3) is 4.92. The first kappa shape index (κ1) is 12.7. The largest absolute Gasteiger partial charge is 0.522 e. The predicted octanol–water partition coefficient (Wildman–Crippen LogP) is 2.91. The van der Waals surface area contributed by atoms with Crippen molar-refractivity contribution in [2.45, 2.75) is 6.36 Å². The molecule has 1 aromatic carbocycles. The molecule has 1 aromatic rings. The first-order valence-electron chi connectivity index (χ1n) is 4.27. The summed E-state index contributed by atoms with van der Waals surface area (Å²) in [6.07, 6.45) is -4.70. The summed E-state index contributed by atoms with van der Waals surface area (Å²) in [7, 11) is 0. The van der Waals surface area contributed by atoms with Crippen molar-refractivity contribution in [1.29, 1.82) is 0 Å². The summed E-state index contributed by atoms with van der Waals surface area (Å²) >= 11 is 0. The molecule has 0 amide bonds. The average Bonchev–Trinajstić information content (AvgIpc) is 2.09. The second-order valence-electron chi connectivity index (χ2n) is 2.88. The van der Waals surface area contributed by atoms with E-state index in [1.807, 2.05) is 0 Å². The molecular formula is C9H8F5NO. The van der Waals surface area contributed by atoms with Gasteiger partial charge in [-0.15, -0.1) is 13.2 Å². The van der Waals surface area contributed by atoms with Crippen LogP contribution in [0.5, 0.6) is 0 Å². The summed E-state index contributed by atoms with van der Waals surface area (Å²) in [5, 5.41) is 2.39. The number of nitrogens with one attached hydrogen (secondary N) is 1. The number of hydrogen-bond acceptors (Lipinski definition) is 2. The monoisotopic (exact) mass is 241 g/mol. The van der Waals surface area contributed by atoms with Crippen molar-refractivity contribution in [1.82, 2.24) is 0 Å². The molecule has 0 aliphatic heterocycles. The van der Waals surface area contributed by atoms with Gasteiger partial charge in [0.15, 0.2) is 0 Å². The summed E-state index contributed by atoms with van der Waals surface area (Å²) in [6, 6.07) is 2.60. The van der Waals surface area contributed by atoms with Crippen molar-refractivity contribution >= 4 is 5.69 Å². The number of anilines is 1. The van der Waals surface area contributed by atoms with Gasteiger partial charge in [0.25, 0.3) is 0 Å². The fourth-order valence-electron chi connectivity index (χ4n) is 1.02. The molecule has 2 nitrogen and oxygen atoms in total. The van der Waals surface area contributed by atoms with Crippen LogP contribution in [0.1, 0.15) is 0 Å². The Morgan fingerprint density at radius 2 is 1.62 bits per heavy atom. The first-order valence-corrected chi connectivity index (χ1v) is 4.27. The third-order valence-corrected chi connectivity index (χ3v) is 1.56. The van der Waals surface area contributed by atoms with E-state index in [4.69, 9.17) is 0 Å². The SMILES string of the molecule is Fc1cc(F)cc(NCCOC(F)(F)F)c1. The second kappa shape index (κ2) is 5.11. The van der Waals surface area contributed by atoms with E-state index in [-0.39, 0.29) is 12.2 Å². The molecule has 0 heterocycles. The van der Waals surface area contributed by atoms with E-state index in [0.29, 0.717) is 6.07 Å². The third-order valence-electron chi connectivity index (χ3n) is 1.56.